The predicted octanol–water partition coefficient (Wildman–Crippen LogP) is 3.42. The van der Waals surface area contributed by atoms with Crippen LogP contribution in [0.3, 0.4) is 0 Å². The molecule has 0 heterocycles. The fourth-order valence-electron chi connectivity index (χ4n) is 3.51. The molecule has 0 aromatic heterocycles. The largest absolute Gasteiger partial charge is 0.339 e. The summed E-state index contributed by atoms with van der Waals surface area (Å²) < 4.78 is 0. The maximum absolute atomic E-state index is 12.9. The van der Waals surface area contributed by atoms with E-state index in [0.29, 0.717) is 23.8 Å². The van der Waals surface area contributed by atoms with Crippen LogP contribution in [0, 0.1) is 17.8 Å². The van der Waals surface area contributed by atoms with Crippen molar-refractivity contribution in [2.45, 2.75) is 72.3 Å². The van der Waals surface area contributed by atoms with E-state index < -0.39 is 0 Å². The lowest BCUT2D eigenvalue weighted by Gasteiger charge is -2.37. The number of carbonyl (C=O) groups excluding carboxylic acids is 1. The van der Waals surface area contributed by atoms with Crippen molar-refractivity contribution in [2.75, 3.05) is 13.1 Å². The number of nitrogens with two attached hydrogens (primary N) is 1. The van der Waals surface area contributed by atoms with Crippen LogP contribution in [0.2, 0.25) is 0 Å². The average Bonchev–Trinajstić information content (AvgIpc) is 2.46. The number of hydrogen-bond donors (Lipinski definition) is 1. The molecule has 1 aliphatic rings. The Morgan fingerprint density at radius 2 is 1.90 bits per heavy atom. The van der Waals surface area contributed by atoms with E-state index in [0.717, 1.165) is 45.2 Å². The van der Waals surface area contributed by atoms with Crippen LogP contribution in [0.15, 0.2) is 0 Å². The van der Waals surface area contributed by atoms with E-state index in [2.05, 4.69) is 32.6 Å². The van der Waals surface area contributed by atoms with Crippen molar-refractivity contribution in [3.05, 3.63) is 0 Å². The minimum absolute atomic E-state index is 0.219. The van der Waals surface area contributed by atoms with Crippen LogP contribution in [0.25, 0.3) is 0 Å². The SMILES string of the molecule is CCC(CC)N(CC(C)C)C(=O)C1CCCC(CN)C1. The first-order chi connectivity index (χ1) is 9.53. The fourth-order valence-corrected chi connectivity index (χ4v) is 3.51. The van der Waals surface area contributed by atoms with Gasteiger partial charge >= 0.3 is 0 Å². The highest BCUT2D eigenvalue weighted by Gasteiger charge is 2.32. The van der Waals surface area contributed by atoms with Crippen LogP contribution in [0.1, 0.15) is 66.2 Å². The van der Waals surface area contributed by atoms with Gasteiger partial charge in [-0.25, -0.2) is 0 Å². The molecule has 1 fully saturated rings. The molecule has 3 nitrogen and oxygen atoms in total. The summed E-state index contributed by atoms with van der Waals surface area (Å²) in [5.41, 5.74) is 5.81. The second-order valence-corrected chi connectivity index (χ2v) is 6.82. The summed E-state index contributed by atoms with van der Waals surface area (Å²) in [7, 11) is 0. The van der Waals surface area contributed by atoms with Gasteiger partial charge in [-0.15, -0.1) is 0 Å². The van der Waals surface area contributed by atoms with Crippen molar-refractivity contribution in [3.63, 3.8) is 0 Å². The molecular weight excluding hydrogens is 248 g/mol. The minimum atomic E-state index is 0.219. The van der Waals surface area contributed by atoms with Crippen LogP contribution >= 0.6 is 0 Å². The molecule has 0 radical (unpaired) electrons. The van der Waals surface area contributed by atoms with Gasteiger partial charge in [0.05, 0.1) is 0 Å². The third kappa shape index (κ3) is 4.76. The Morgan fingerprint density at radius 3 is 2.40 bits per heavy atom. The molecule has 2 N–H and O–H groups in total. The fraction of sp³-hybridized carbons (Fsp3) is 0.941. The third-order valence-corrected chi connectivity index (χ3v) is 4.69. The highest BCUT2D eigenvalue weighted by atomic mass is 16.2. The van der Waals surface area contributed by atoms with E-state index in [1.807, 2.05) is 0 Å². The second-order valence-electron chi connectivity index (χ2n) is 6.82. The lowest BCUT2D eigenvalue weighted by Crippen LogP contribution is -2.46. The Kier molecular flexibility index (Phi) is 7.57. The van der Waals surface area contributed by atoms with Crippen LogP contribution < -0.4 is 5.73 Å². The van der Waals surface area contributed by atoms with Gasteiger partial charge in [0.1, 0.15) is 0 Å². The molecule has 0 aromatic rings. The number of hydrogen-bond acceptors (Lipinski definition) is 2. The third-order valence-electron chi connectivity index (χ3n) is 4.69. The topological polar surface area (TPSA) is 46.3 Å². The summed E-state index contributed by atoms with van der Waals surface area (Å²) in [4.78, 5) is 15.1. The standard InChI is InChI=1S/C17H34N2O/c1-5-16(6-2)19(12-13(3)4)17(20)15-9-7-8-14(10-15)11-18/h13-16H,5-12,18H2,1-4H3. The number of amides is 1. The first-order valence-corrected chi connectivity index (χ1v) is 8.53. The van der Waals surface area contributed by atoms with Crippen molar-refractivity contribution < 1.29 is 4.79 Å². The summed E-state index contributed by atoms with van der Waals surface area (Å²) in [5, 5.41) is 0. The van der Waals surface area contributed by atoms with Gasteiger partial charge < -0.3 is 10.6 Å². The van der Waals surface area contributed by atoms with Gasteiger partial charge in [-0.2, -0.15) is 0 Å². The van der Waals surface area contributed by atoms with Crippen LogP contribution in [-0.4, -0.2) is 29.9 Å². The maximum Gasteiger partial charge on any atom is 0.225 e. The molecule has 1 aliphatic carbocycles. The highest BCUT2D eigenvalue weighted by molar-refractivity contribution is 5.79. The molecule has 1 rings (SSSR count). The van der Waals surface area contributed by atoms with Gasteiger partial charge in [0.15, 0.2) is 0 Å². The molecule has 0 saturated heterocycles. The lowest BCUT2D eigenvalue weighted by atomic mass is 9.80. The Bertz CT molecular complexity index is 287. The van der Waals surface area contributed by atoms with Gasteiger partial charge in [-0.1, -0.05) is 34.1 Å². The number of carbonyl (C=O) groups is 1. The van der Waals surface area contributed by atoms with Crippen molar-refractivity contribution in [1.29, 1.82) is 0 Å². The molecule has 1 amide bonds. The van der Waals surface area contributed by atoms with E-state index in [1.165, 1.54) is 6.42 Å². The van der Waals surface area contributed by atoms with E-state index in [-0.39, 0.29) is 5.92 Å². The molecule has 0 aliphatic heterocycles. The quantitative estimate of drug-likeness (QED) is 0.777. The molecule has 0 spiro atoms. The molecular formula is C17H34N2O. The first-order valence-electron chi connectivity index (χ1n) is 8.53. The molecule has 1 saturated carbocycles. The predicted molar refractivity (Wildman–Crippen MR) is 85.4 cm³/mol. The monoisotopic (exact) mass is 282 g/mol. The van der Waals surface area contributed by atoms with Crippen LogP contribution in [-0.2, 0) is 4.79 Å². The number of nitrogens with zero attached hydrogens (tertiary/aromatic N) is 1. The van der Waals surface area contributed by atoms with E-state index in [1.54, 1.807) is 0 Å². The zero-order valence-electron chi connectivity index (χ0n) is 13.9. The smallest absolute Gasteiger partial charge is 0.225 e. The zero-order valence-corrected chi connectivity index (χ0v) is 13.9. The van der Waals surface area contributed by atoms with Gasteiger partial charge in [0.2, 0.25) is 5.91 Å². The molecule has 118 valence electrons. The van der Waals surface area contributed by atoms with Gasteiger partial charge in [0, 0.05) is 18.5 Å². The second kappa shape index (κ2) is 8.66. The van der Waals surface area contributed by atoms with Gasteiger partial charge in [-0.05, 0) is 50.5 Å². The van der Waals surface area contributed by atoms with E-state index in [4.69, 9.17) is 5.73 Å². The number of rotatable bonds is 7. The minimum Gasteiger partial charge on any atom is -0.339 e. The van der Waals surface area contributed by atoms with Crippen molar-refractivity contribution in [1.82, 2.24) is 4.90 Å². The molecule has 0 bridgehead atoms. The van der Waals surface area contributed by atoms with Crippen LogP contribution in [0.5, 0.6) is 0 Å². The zero-order chi connectivity index (χ0) is 15.1. The Balaban J connectivity index is 2.75. The highest BCUT2D eigenvalue weighted by Crippen LogP contribution is 2.31. The lowest BCUT2D eigenvalue weighted by molar-refractivity contribution is -0.140. The van der Waals surface area contributed by atoms with Gasteiger partial charge in [-0.3, -0.25) is 4.79 Å². The summed E-state index contributed by atoms with van der Waals surface area (Å²) in [6.07, 6.45) is 6.55. The van der Waals surface area contributed by atoms with Crippen molar-refractivity contribution in [2.24, 2.45) is 23.5 Å². The van der Waals surface area contributed by atoms with Crippen LogP contribution in [0.4, 0.5) is 0 Å². The Hall–Kier alpha value is -0.570. The summed E-state index contributed by atoms with van der Waals surface area (Å²) in [6, 6.07) is 0.406. The van der Waals surface area contributed by atoms with Crippen molar-refractivity contribution >= 4 is 5.91 Å². The summed E-state index contributed by atoms with van der Waals surface area (Å²) in [5.74, 6) is 1.70. The normalized spacial score (nSPS) is 23.4. The van der Waals surface area contributed by atoms with E-state index in [9.17, 15) is 4.79 Å². The van der Waals surface area contributed by atoms with Gasteiger partial charge in [0.25, 0.3) is 0 Å². The molecule has 2 atom stereocenters. The molecule has 2 unspecified atom stereocenters. The Morgan fingerprint density at radius 1 is 1.25 bits per heavy atom. The summed E-state index contributed by atoms with van der Waals surface area (Å²) >= 11 is 0. The maximum atomic E-state index is 12.9. The average molecular weight is 282 g/mol. The summed E-state index contributed by atoms with van der Waals surface area (Å²) in [6.45, 7) is 10.4. The molecule has 0 aromatic carbocycles. The molecule has 20 heavy (non-hydrogen) atoms. The first kappa shape index (κ1) is 17.5. The van der Waals surface area contributed by atoms with E-state index >= 15 is 0 Å². The van der Waals surface area contributed by atoms with Crippen molar-refractivity contribution in [3.8, 4) is 0 Å². The Labute approximate surface area is 125 Å². The molecule has 3 heteroatoms.